The number of amides is 4. The van der Waals surface area contributed by atoms with Gasteiger partial charge in [0.05, 0.1) is 35.0 Å². The number of nitrogens with zero attached hydrogens (tertiary/aromatic N) is 2. The number of fused-ring (bicyclic) bond motifs is 10. The highest BCUT2D eigenvalue weighted by Crippen LogP contribution is 2.54. The molecule has 2 saturated carbocycles. The smallest absolute Gasteiger partial charge is 0.238 e. The van der Waals surface area contributed by atoms with E-state index in [-0.39, 0.29) is 71.0 Å². The largest absolute Gasteiger partial charge is 0.457 e. The molecule has 2 aliphatic heterocycles. The molecule has 0 unspecified atom stereocenters. The fraction of sp³-hybridized carbons (Fsp3) is 0.278. The fourth-order valence-corrected chi connectivity index (χ4v) is 8.53. The molecule has 3 aromatic rings. The molecule has 8 nitrogen and oxygen atoms in total. The predicted molar refractivity (Wildman–Crippen MR) is 160 cm³/mol. The molecule has 9 rings (SSSR count). The lowest BCUT2D eigenvalue weighted by Crippen LogP contribution is -2.32. The van der Waals surface area contributed by atoms with Crippen molar-refractivity contribution >= 4 is 35.0 Å². The Morgan fingerprint density at radius 1 is 0.455 bits per heavy atom. The number of anilines is 2. The zero-order chi connectivity index (χ0) is 29.7. The van der Waals surface area contributed by atoms with E-state index in [1.54, 1.807) is 72.8 Å². The molecule has 2 saturated heterocycles. The van der Waals surface area contributed by atoms with Crippen LogP contribution >= 0.6 is 0 Å². The monoisotopic (exact) mass is 584 g/mol. The van der Waals surface area contributed by atoms with Crippen LogP contribution < -0.4 is 19.3 Å². The highest BCUT2D eigenvalue weighted by molar-refractivity contribution is 6.23. The van der Waals surface area contributed by atoms with Crippen LogP contribution in [0.3, 0.4) is 0 Å². The number of allylic oxidation sites excluding steroid dienone is 4. The Kier molecular flexibility index (Phi) is 5.37. The van der Waals surface area contributed by atoms with Gasteiger partial charge >= 0.3 is 0 Å². The van der Waals surface area contributed by atoms with Crippen molar-refractivity contribution in [3.63, 3.8) is 0 Å². The summed E-state index contributed by atoms with van der Waals surface area (Å²) in [7, 11) is 0. The van der Waals surface area contributed by atoms with Crippen LogP contribution in [0.25, 0.3) is 0 Å². The van der Waals surface area contributed by atoms with Gasteiger partial charge < -0.3 is 9.47 Å². The molecule has 0 N–H and O–H groups in total. The molecule has 0 radical (unpaired) electrons. The lowest BCUT2D eigenvalue weighted by Gasteiger charge is -2.18. The van der Waals surface area contributed by atoms with E-state index >= 15 is 0 Å². The third kappa shape index (κ3) is 3.63. The molecule has 4 bridgehead atoms. The Labute approximate surface area is 253 Å². The van der Waals surface area contributed by atoms with E-state index in [0.29, 0.717) is 34.4 Å². The molecule has 8 heteroatoms. The van der Waals surface area contributed by atoms with Gasteiger partial charge in [0.15, 0.2) is 0 Å². The molecule has 4 amide bonds. The Hall–Kier alpha value is -4.98. The Morgan fingerprint density at radius 3 is 1.14 bits per heavy atom. The van der Waals surface area contributed by atoms with Gasteiger partial charge in [-0.05, 0) is 85.0 Å². The van der Waals surface area contributed by atoms with Crippen molar-refractivity contribution in [2.24, 2.45) is 47.3 Å². The van der Waals surface area contributed by atoms with Crippen molar-refractivity contribution in [3.8, 4) is 23.0 Å². The average molecular weight is 585 g/mol. The normalized spacial score (nSPS) is 32.3. The first-order chi connectivity index (χ1) is 21.4. The van der Waals surface area contributed by atoms with Gasteiger partial charge in [0.2, 0.25) is 23.6 Å². The lowest BCUT2D eigenvalue weighted by molar-refractivity contribution is -0.124. The van der Waals surface area contributed by atoms with E-state index in [9.17, 15) is 19.2 Å². The van der Waals surface area contributed by atoms with Crippen LogP contribution in [0.1, 0.15) is 12.8 Å². The van der Waals surface area contributed by atoms with E-state index in [1.807, 2.05) is 0 Å². The van der Waals surface area contributed by atoms with Crippen LogP contribution in [0.5, 0.6) is 23.0 Å². The lowest BCUT2D eigenvalue weighted by atomic mass is 9.85. The van der Waals surface area contributed by atoms with Crippen molar-refractivity contribution < 1.29 is 28.7 Å². The number of ether oxygens (including phenoxy) is 2. The maximum absolute atomic E-state index is 13.2. The van der Waals surface area contributed by atoms with Crippen LogP contribution in [-0.4, -0.2) is 23.6 Å². The van der Waals surface area contributed by atoms with Crippen molar-refractivity contribution in [1.29, 1.82) is 0 Å². The summed E-state index contributed by atoms with van der Waals surface area (Å²) in [5.41, 5.74) is 1.04. The molecule has 8 atom stereocenters. The van der Waals surface area contributed by atoms with Crippen LogP contribution in [0.2, 0.25) is 0 Å². The van der Waals surface area contributed by atoms with Gasteiger partial charge in [-0.1, -0.05) is 36.4 Å². The van der Waals surface area contributed by atoms with Crippen molar-refractivity contribution in [2.75, 3.05) is 9.80 Å². The van der Waals surface area contributed by atoms with Gasteiger partial charge in [0.25, 0.3) is 0 Å². The van der Waals surface area contributed by atoms with E-state index in [0.717, 1.165) is 12.8 Å². The molecule has 3 aromatic carbocycles. The maximum Gasteiger partial charge on any atom is 0.238 e. The molecule has 4 aliphatic carbocycles. The van der Waals surface area contributed by atoms with Gasteiger partial charge in [-0.3, -0.25) is 19.2 Å². The molecular weight excluding hydrogens is 556 g/mol. The topological polar surface area (TPSA) is 93.2 Å². The van der Waals surface area contributed by atoms with Crippen LogP contribution in [0.4, 0.5) is 11.4 Å². The summed E-state index contributed by atoms with van der Waals surface area (Å²) in [6.07, 6.45) is 10.1. The van der Waals surface area contributed by atoms with Gasteiger partial charge in [-0.2, -0.15) is 0 Å². The summed E-state index contributed by atoms with van der Waals surface area (Å²) < 4.78 is 12.1. The average Bonchev–Trinajstić information content (AvgIpc) is 3.87. The summed E-state index contributed by atoms with van der Waals surface area (Å²) in [6.45, 7) is 0. The highest BCUT2D eigenvalue weighted by Gasteiger charge is 2.60. The molecule has 4 fully saturated rings. The number of hydrogen-bond acceptors (Lipinski definition) is 6. The van der Waals surface area contributed by atoms with E-state index in [4.69, 9.17) is 9.47 Å². The SMILES string of the molecule is O=C1[C@H]2[C@H](C(=O)N1c1cccc(Oc3ccc(Oc4cccc(N5C(=O)[C@H]6[C@H](C5=O)[C@H]5C=C[C@H]6C5)c4)cc3)c1)[C@H]1C=C[C@H]2C1. The minimum absolute atomic E-state index is 0.120. The minimum Gasteiger partial charge on any atom is -0.457 e. The Morgan fingerprint density at radius 2 is 0.795 bits per heavy atom. The molecule has 2 heterocycles. The van der Waals surface area contributed by atoms with Crippen LogP contribution in [0.15, 0.2) is 97.1 Å². The second kappa shape index (κ2) is 9.26. The quantitative estimate of drug-likeness (QED) is 0.265. The van der Waals surface area contributed by atoms with E-state index in [2.05, 4.69) is 24.3 Å². The molecule has 44 heavy (non-hydrogen) atoms. The predicted octanol–water partition coefficient (Wildman–Crippen LogP) is 5.89. The van der Waals surface area contributed by atoms with Gasteiger partial charge in [0, 0.05) is 12.1 Å². The van der Waals surface area contributed by atoms with Gasteiger partial charge in [0.1, 0.15) is 23.0 Å². The van der Waals surface area contributed by atoms with Crippen molar-refractivity contribution in [3.05, 3.63) is 97.1 Å². The summed E-state index contributed by atoms with van der Waals surface area (Å²) >= 11 is 0. The van der Waals surface area contributed by atoms with Gasteiger partial charge in [-0.25, -0.2) is 9.80 Å². The van der Waals surface area contributed by atoms with Crippen LogP contribution in [0, 0.1) is 47.3 Å². The first-order valence-corrected chi connectivity index (χ1v) is 15.2. The Balaban J connectivity index is 0.885. The van der Waals surface area contributed by atoms with Crippen molar-refractivity contribution in [2.45, 2.75) is 12.8 Å². The number of benzene rings is 3. The van der Waals surface area contributed by atoms with E-state index < -0.39 is 0 Å². The second-order valence-electron chi connectivity index (χ2n) is 12.7. The Bertz CT molecular complexity index is 1640. The molecule has 6 aliphatic rings. The number of carbonyl (C=O) groups excluding carboxylic acids is 4. The number of rotatable bonds is 6. The standard InChI is InChI=1S/C36H28N2O6/c39-33-29-19-7-8-20(15-19)30(29)34(40)37(33)23-3-1-5-27(17-23)43-25-11-13-26(14-12-25)44-28-6-2-4-24(18-28)38-35(41)31-21-9-10-22(16-21)32(31)36(38)42/h1-14,17-22,29-32H,15-16H2/t19-,20-,21-,22-,29+,30+,31+,32+/m0/s1. The number of imide groups is 2. The van der Waals surface area contributed by atoms with Crippen molar-refractivity contribution in [1.82, 2.24) is 0 Å². The number of hydrogen-bond donors (Lipinski definition) is 0. The summed E-state index contributed by atoms with van der Waals surface area (Å²) in [5.74, 6) is 1.29. The minimum atomic E-state index is -0.251. The zero-order valence-corrected chi connectivity index (χ0v) is 23.6. The second-order valence-corrected chi connectivity index (χ2v) is 12.7. The highest BCUT2D eigenvalue weighted by atomic mass is 16.5. The van der Waals surface area contributed by atoms with Crippen LogP contribution in [-0.2, 0) is 19.2 Å². The first kappa shape index (κ1) is 25.5. The summed E-state index contributed by atoms with van der Waals surface area (Å²) in [5, 5.41) is 0. The summed E-state index contributed by atoms with van der Waals surface area (Å²) in [6, 6.07) is 21.2. The number of carbonyl (C=O) groups is 4. The fourth-order valence-electron chi connectivity index (χ4n) is 8.53. The van der Waals surface area contributed by atoms with Gasteiger partial charge in [-0.15, -0.1) is 0 Å². The zero-order valence-electron chi connectivity index (χ0n) is 23.6. The first-order valence-electron chi connectivity index (χ1n) is 15.2. The third-order valence-corrected chi connectivity index (χ3v) is 10.4. The molecular formula is C36H28N2O6. The molecule has 0 spiro atoms. The molecule has 218 valence electrons. The maximum atomic E-state index is 13.2. The third-order valence-electron chi connectivity index (χ3n) is 10.4. The molecule has 0 aromatic heterocycles. The van der Waals surface area contributed by atoms with E-state index in [1.165, 1.54) is 9.80 Å². The summed E-state index contributed by atoms with van der Waals surface area (Å²) in [4.78, 5) is 55.6.